The third kappa shape index (κ3) is 5.21. The summed E-state index contributed by atoms with van der Waals surface area (Å²) in [5, 5.41) is 2.55. The maximum atomic E-state index is 12.7. The van der Waals surface area contributed by atoms with Gasteiger partial charge in [0.1, 0.15) is 11.0 Å². The van der Waals surface area contributed by atoms with Crippen LogP contribution in [0.25, 0.3) is 10.6 Å². The molecule has 3 rings (SSSR count). The Balaban J connectivity index is 0.00000261. The molecule has 1 atom stereocenters. The van der Waals surface area contributed by atoms with Crippen molar-refractivity contribution in [3.8, 4) is 10.6 Å². The van der Waals surface area contributed by atoms with Crippen molar-refractivity contribution in [2.75, 3.05) is 13.7 Å². The van der Waals surface area contributed by atoms with Crippen LogP contribution in [-0.2, 0) is 22.3 Å². The van der Waals surface area contributed by atoms with Crippen LogP contribution in [0.15, 0.2) is 29.6 Å². The largest absolute Gasteiger partial charge is 0.468 e. The van der Waals surface area contributed by atoms with Crippen LogP contribution in [0.4, 0.5) is 13.2 Å². The number of benzene rings is 1. The predicted molar refractivity (Wildman–Crippen MR) is 99.9 cm³/mol. The van der Waals surface area contributed by atoms with Crippen LogP contribution in [0, 0.1) is 0 Å². The first-order valence-electron chi connectivity index (χ1n) is 8.32. The number of nitrogens with zero attached hydrogens (tertiary/aromatic N) is 2. The Hall–Kier alpha value is -1.64. The average molecular weight is 421 g/mol. The molecule has 1 unspecified atom stereocenters. The lowest BCUT2D eigenvalue weighted by molar-refractivity contribution is -0.148. The minimum atomic E-state index is -4.34. The van der Waals surface area contributed by atoms with Crippen molar-refractivity contribution in [1.29, 1.82) is 0 Å². The summed E-state index contributed by atoms with van der Waals surface area (Å²) in [6.45, 7) is 1.32. The van der Waals surface area contributed by atoms with Crippen LogP contribution >= 0.6 is 23.7 Å². The maximum Gasteiger partial charge on any atom is 0.416 e. The molecule has 27 heavy (non-hydrogen) atoms. The van der Waals surface area contributed by atoms with Gasteiger partial charge in [-0.1, -0.05) is 18.6 Å². The zero-order chi connectivity index (χ0) is 18.7. The van der Waals surface area contributed by atoms with Gasteiger partial charge in [0.2, 0.25) is 0 Å². The van der Waals surface area contributed by atoms with Crippen molar-refractivity contribution in [1.82, 2.24) is 9.88 Å². The molecule has 0 bridgehead atoms. The van der Waals surface area contributed by atoms with Crippen LogP contribution in [0.2, 0.25) is 0 Å². The van der Waals surface area contributed by atoms with Crippen molar-refractivity contribution < 1.29 is 22.7 Å². The lowest BCUT2D eigenvalue weighted by atomic mass is 10.0. The van der Waals surface area contributed by atoms with Crippen LogP contribution in [0.5, 0.6) is 0 Å². The molecule has 0 radical (unpaired) electrons. The van der Waals surface area contributed by atoms with Gasteiger partial charge in [-0.25, -0.2) is 4.98 Å². The van der Waals surface area contributed by atoms with Gasteiger partial charge < -0.3 is 4.74 Å². The number of aromatic nitrogens is 1. The maximum absolute atomic E-state index is 12.7. The van der Waals surface area contributed by atoms with E-state index in [9.17, 15) is 18.0 Å². The zero-order valence-electron chi connectivity index (χ0n) is 14.7. The van der Waals surface area contributed by atoms with Crippen molar-refractivity contribution in [3.05, 3.63) is 40.9 Å². The van der Waals surface area contributed by atoms with Crippen LogP contribution < -0.4 is 0 Å². The number of ether oxygens (including phenoxy) is 1. The molecule has 148 valence electrons. The fourth-order valence-corrected chi connectivity index (χ4v) is 3.92. The van der Waals surface area contributed by atoms with Crippen molar-refractivity contribution >= 4 is 29.7 Å². The highest BCUT2D eigenvalue weighted by Crippen LogP contribution is 2.32. The zero-order valence-corrected chi connectivity index (χ0v) is 16.3. The molecule has 1 aromatic carbocycles. The van der Waals surface area contributed by atoms with E-state index in [2.05, 4.69) is 9.88 Å². The van der Waals surface area contributed by atoms with Crippen molar-refractivity contribution in [2.24, 2.45) is 0 Å². The number of carbonyl (C=O) groups is 1. The molecular weight excluding hydrogens is 401 g/mol. The quantitative estimate of drug-likeness (QED) is 0.668. The van der Waals surface area contributed by atoms with E-state index in [0.717, 1.165) is 43.6 Å². The Labute approximate surface area is 165 Å². The molecule has 0 aliphatic carbocycles. The fourth-order valence-electron chi connectivity index (χ4n) is 3.11. The normalized spacial score (nSPS) is 18.0. The summed E-state index contributed by atoms with van der Waals surface area (Å²) in [5.41, 5.74) is 0.783. The second-order valence-corrected chi connectivity index (χ2v) is 7.08. The van der Waals surface area contributed by atoms with Gasteiger partial charge in [0.05, 0.1) is 18.4 Å². The lowest BCUT2D eigenvalue weighted by Gasteiger charge is -2.33. The van der Waals surface area contributed by atoms with E-state index in [-0.39, 0.29) is 24.4 Å². The molecule has 1 saturated heterocycles. The van der Waals surface area contributed by atoms with E-state index in [1.807, 2.05) is 5.38 Å². The molecule has 0 spiro atoms. The van der Waals surface area contributed by atoms with Gasteiger partial charge in [-0.3, -0.25) is 9.69 Å². The minimum absolute atomic E-state index is 0. The predicted octanol–water partition coefficient (Wildman–Crippen LogP) is 4.78. The van der Waals surface area contributed by atoms with Gasteiger partial charge >= 0.3 is 12.1 Å². The van der Waals surface area contributed by atoms with Gasteiger partial charge in [0.15, 0.2) is 0 Å². The average Bonchev–Trinajstić information content (AvgIpc) is 3.09. The number of piperidine rings is 1. The molecule has 1 aliphatic rings. The second kappa shape index (κ2) is 9.03. The van der Waals surface area contributed by atoms with Gasteiger partial charge in [0.25, 0.3) is 0 Å². The lowest BCUT2D eigenvalue weighted by Crippen LogP contribution is -2.44. The molecule has 0 N–H and O–H groups in total. The molecule has 1 aromatic heterocycles. The van der Waals surface area contributed by atoms with E-state index in [1.165, 1.54) is 30.6 Å². The van der Waals surface area contributed by atoms with Gasteiger partial charge in [0, 0.05) is 17.5 Å². The van der Waals surface area contributed by atoms with E-state index in [1.54, 1.807) is 0 Å². The summed E-state index contributed by atoms with van der Waals surface area (Å²) in [7, 11) is 1.39. The second-order valence-electron chi connectivity index (χ2n) is 6.22. The van der Waals surface area contributed by atoms with Crippen LogP contribution in [0.3, 0.4) is 0 Å². The summed E-state index contributed by atoms with van der Waals surface area (Å²) in [6.07, 6.45) is -1.57. The van der Waals surface area contributed by atoms with Crippen molar-refractivity contribution in [3.63, 3.8) is 0 Å². The SMILES string of the molecule is COC(=O)C1CCCCN1Cc1csc(-c2ccc(C(F)(F)F)cc2)n1.Cl. The highest BCUT2D eigenvalue weighted by molar-refractivity contribution is 7.13. The summed E-state index contributed by atoms with van der Waals surface area (Å²) in [6, 6.07) is 4.74. The summed E-state index contributed by atoms with van der Waals surface area (Å²) >= 11 is 1.38. The number of esters is 1. The number of thiazole rings is 1. The van der Waals surface area contributed by atoms with E-state index in [0.29, 0.717) is 17.1 Å². The number of carbonyl (C=O) groups excluding carboxylic acids is 1. The molecule has 0 saturated carbocycles. The number of methoxy groups -OCH3 is 1. The smallest absolute Gasteiger partial charge is 0.416 e. The number of likely N-dealkylation sites (tertiary alicyclic amines) is 1. The first kappa shape index (κ1) is 21.7. The number of hydrogen-bond donors (Lipinski definition) is 0. The topological polar surface area (TPSA) is 42.4 Å². The highest BCUT2D eigenvalue weighted by Gasteiger charge is 2.31. The van der Waals surface area contributed by atoms with E-state index in [4.69, 9.17) is 4.74 Å². The van der Waals surface area contributed by atoms with Crippen LogP contribution in [0.1, 0.15) is 30.5 Å². The number of alkyl halides is 3. The molecule has 1 aliphatic heterocycles. The molecule has 4 nitrogen and oxygen atoms in total. The number of rotatable bonds is 4. The Kier molecular flexibility index (Phi) is 7.25. The van der Waals surface area contributed by atoms with Crippen molar-refractivity contribution in [2.45, 2.75) is 38.0 Å². The Bertz CT molecular complexity index is 765. The fraction of sp³-hybridized carbons (Fsp3) is 0.444. The van der Waals surface area contributed by atoms with Gasteiger partial charge in [-0.2, -0.15) is 13.2 Å². The Morgan fingerprint density at radius 3 is 2.63 bits per heavy atom. The summed E-state index contributed by atoms with van der Waals surface area (Å²) in [4.78, 5) is 18.5. The number of halogens is 4. The first-order chi connectivity index (χ1) is 12.4. The standard InChI is InChI=1S/C18H19F3N2O2S.ClH/c1-25-17(24)15-4-2-3-9-23(15)10-14-11-26-16(22-14)12-5-7-13(8-6-12)18(19,20)21;/h5-8,11,15H,2-4,9-10H2,1H3;1H. The molecule has 1 fully saturated rings. The van der Waals surface area contributed by atoms with Gasteiger partial charge in [-0.05, 0) is 31.5 Å². The van der Waals surface area contributed by atoms with E-state index < -0.39 is 11.7 Å². The summed E-state index contributed by atoms with van der Waals surface area (Å²) < 4.78 is 42.9. The van der Waals surface area contributed by atoms with Crippen LogP contribution in [-0.4, -0.2) is 35.5 Å². The minimum Gasteiger partial charge on any atom is -0.468 e. The third-order valence-corrected chi connectivity index (χ3v) is 5.40. The molecule has 0 amide bonds. The summed E-state index contributed by atoms with van der Waals surface area (Å²) in [5.74, 6) is -0.233. The molecule has 2 aromatic rings. The first-order valence-corrected chi connectivity index (χ1v) is 9.20. The van der Waals surface area contributed by atoms with E-state index >= 15 is 0 Å². The highest BCUT2D eigenvalue weighted by atomic mass is 35.5. The number of hydrogen-bond acceptors (Lipinski definition) is 5. The van der Waals surface area contributed by atoms with Gasteiger partial charge in [-0.15, -0.1) is 23.7 Å². The molecule has 2 heterocycles. The molecule has 9 heteroatoms. The monoisotopic (exact) mass is 420 g/mol. The Morgan fingerprint density at radius 2 is 2.00 bits per heavy atom. The third-order valence-electron chi connectivity index (χ3n) is 4.46. The Morgan fingerprint density at radius 1 is 1.30 bits per heavy atom. The molecular formula is C18H20ClF3N2O2S.